The summed E-state index contributed by atoms with van der Waals surface area (Å²) in [6.07, 6.45) is 6.36. The van der Waals surface area contributed by atoms with E-state index in [1.54, 1.807) is 28.1 Å². The van der Waals surface area contributed by atoms with Crippen LogP contribution in [0.2, 0.25) is 0 Å². The van der Waals surface area contributed by atoms with Crippen LogP contribution in [0.5, 0.6) is 5.75 Å². The fourth-order valence-corrected chi connectivity index (χ4v) is 4.29. The van der Waals surface area contributed by atoms with Gasteiger partial charge < -0.3 is 38.3 Å². The van der Waals surface area contributed by atoms with Gasteiger partial charge >= 0.3 is 0 Å². The van der Waals surface area contributed by atoms with E-state index in [9.17, 15) is 5.11 Å². The zero-order valence-corrected chi connectivity index (χ0v) is 20.5. The first-order valence-electron chi connectivity index (χ1n) is 11.5. The van der Waals surface area contributed by atoms with E-state index in [2.05, 4.69) is 17.8 Å². The van der Waals surface area contributed by atoms with Crippen molar-refractivity contribution in [2.24, 2.45) is 0 Å². The molecule has 2 aliphatic heterocycles. The second-order valence-electron chi connectivity index (χ2n) is 9.26. The molecule has 0 bridgehead atoms. The maximum Gasteiger partial charge on any atom is 0.164 e. The normalized spacial score (nSPS) is 29.8. The number of aliphatic hydroxyl groups is 1. The smallest absolute Gasteiger partial charge is 0.164 e. The molecule has 8 heteroatoms. The Morgan fingerprint density at radius 3 is 2.63 bits per heavy atom. The van der Waals surface area contributed by atoms with Gasteiger partial charge in [-0.2, -0.15) is 0 Å². The maximum atomic E-state index is 11.3. The molecule has 1 aromatic rings. The van der Waals surface area contributed by atoms with E-state index < -0.39 is 23.1 Å². The van der Waals surface area contributed by atoms with E-state index >= 15 is 0 Å². The van der Waals surface area contributed by atoms with Gasteiger partial charge in [0.05, 0.1) is 33.4 Å². The van der Waals surface area contributed by atoms with Gasteiger partial charge in [0.1, 0.15) is 30.9 Å². The van der Waals surface area contributed by atoms with Crippen LogP contribution < -0.4 is 4.74 Å². The SMILES string of the molecule is C#CC[C@@](O)(C#CC1=C[C@H]2O[C@H]2[C@@]1(COCc1ccc(OC)cc1)OCOC)[C@H]1COC(C)(C)O1. The molecule has 35 heavy (non-hydrogen) atoms. The van der Waals surface area contributed by atoms with E-state index in [0.29, 0.717) is 12.2 Å². The van der Waals surface area contributed by atoms with Gasteiger partial charge in [0.2, 0.25) is 0 Å². The van der Waals surface area contributed by atoms with Crippen molar-refractivity contribution in [1.29, 1.82) is 0 Å². The van der Waals surface area contributed by atoms with Crippen molar-refractivity contribution in [3.63, 3.8) is 0 Å². The molecule has 2 fully saturated rings. The Kier molecular flexibility index (Phi) is 7.56. The standard InChI is InChI=1S/C27H32O8/c1-6-12-26(28,23-16-32-25(2,3)35-23)13-11-20-14-22-24(34-22)27(20,33-18-29-4)17-31-15-19-7-9-21(30-5)10-8-19/h1,7-10,14,22-24,28H,12,15-18H2,2-5H3/t22-,23-,24-,26-,27+/m1/s1. The number of ether oxygens (including phenoxy) is 7. The highest BCUT2D eigenvalue weighted by molar-refractivity contribution is 5.49. The predicted octanol–water partition coefficient (Wildman–Crippen LogP) is 2.19. The van der Waals surface area contributed by atoms with Gasteiger partial charge in [0, 0.05) is 12.7 Å². The van der Waals surface area contributed by atoms with Crippen molar-refractivity contribution in [2.75, 3.05) is 34.2 Å². The highest BCUT2D eigenvalue weighted by atomic mass is 16.7. The van der Waals surface area contributed by atoms with E-state index in [0.717, 1.165) is 11.3 Å². The fourth-order valence-electron chi connectivity index (χ4n) is 4.29. The first-order valence-corrected chi connectivity index (χ1v) is 11.5. The molecule has 0 unspecified atom stereocenters. The fraction of sp³-hybridized carbons (Fsp3) is 0.556. The lowest BCUT2D eigenvalue weighted by molar-refractivity contribution is -0.159. The minimum absolute atomic E-state index is 0.0133. The molecule has 188 valence electrons. The van der Waals surface area contributed by atoms with Crippen LogP contribution in [0.25, 0.3) is 0 Å². The third-order valence-electron chi connectivity index (χ3n) is 6.28. The maximum absolute atomic E-state index is 11.3. The van der Waals surface area contributed by atoms with Crippen molar-refractivity contribution in [3.05, 3.63) is 41.5 Å². The van der Waals surface area contributed by atoms with Gasteiger partial charge in [0.25, 0.3) is 0 Å². The van der Waals surface area contributed by atoms with Crippen LogP contribution in [0.1, 0.15) is 25.8 Å². The summed E-state index contributed by atoms with van der Waals surface area (Å²) in [5.41, 5.74) is -0.920. The van der Waals surface area contributed by atoms with Gasteiger partial charge in [-0.25, -0.2) is 0 Å². The molecule has 0 radical (unpaired) electrons. The van der Waals surface area contributed by atoms with Crippen LogP contribution in [-0.4, -0.2) is 74.6 Å². The number of benzene rings is 1. The largest absolute Gasteiger partial charge is 0.497 e. The summed E-state index contributed by atoms with van der Waals surface area (Å²) in [4.78, 5) is 0. The molecule has 2 saturated heterocycles. The summed E-state index contributed by atoms with van der Waals surface area (Å²) in [5, 5.41) is 11.3. The number of hydrogen-bond acceptors (Lipinski definition) is 8. The van der Waals surface area contributed by atoms with Crippen molar-refractivity contribution in [3.8, 4) is 29.9 Å². The lowest BCUT2D eigenvalue weighted by Crippen LogP contribution is -2.45. The van der Waals surface area contributed by atoms with Crippen LogP contribution in [0.3, 0.4) is 0 Å². The third kappa shape index (κ3) is 5.55. The first-order chi connectivity index (χ1) is 16.7. The van der Waals surface area contributed by atoms with Crippen molar-refractivity contribution in [2.45, 2.75) is 62.2 Å². The monoisotopic (exact) mass is 484 g/mol. The Morgan fingerprint density at radius 2 is 2.00 bits per heavy atom. The number of fused-ring (bicyclic) bond motifs is 1. The summed E-state index contributed by atoms with van der Waals surface area (Å²) < 4.78 is 39.8. The Bertz CT molecular complexity index is 1030. The molecule has 3 aliphatic rings. The van der Waals surface area contributed by atoms with Crippen LogP contribution in [0.4, 0.5) is 0 Å². The predicted molar refractivity (Wildman–Crippen MR) is 126 cm³/mol. The molecule has 8 nitrogen and oxygen atoms in total. The molecular weight excluding hydrogens is 452 g/mol. The highest BCUT2D eigenvalue weighted by Gasteiger charge is 2.62. The van der Waals surface area contributed by atoms with E-state index in [1.807, 2.05) is 30.3 Å². The Hall–Kier alpha value is -2.40. The molecule has 4 rings (SSSR count). The Balaban J connectivity index is 1.53. The van der Waals surface area contributed by atoms with Gasteiger partial charge in [-0.05, 0) is 37.6 Å². The lowest BCUT2D eigenvalue weighted by atomic mass is 9.91. The molecule has 0 spiro atoms. The summed E-state index contributed by atoms with van der Waals surface area (Å²) in [5.74, 6) is 8.52. The quantitative estimate of drug-likeness (QED) is 0.307. The van der Waals surface area contributed by atoms with Gasteiger partial charge in [-0.15, -0.1) is 12.3 Å². The molecule has 1 N–H and O–H groups in total. The lowest BCUT2D eigenvalue weighted by Gasteiger charge is -2.31. The number of methoxy groups -OCH3 is 2. The van der Waals surface area contributed by atoms with E-state index in [4.69, 9.17) is 39.6 Å². The van der Waals surface area contributed by atoms with Gasteiger partial charge in [0.15, 0.2) is 17.0 Å². The first kappa shape index (κ1) is 25.7. The summed E-state index contributed by atoms with van der Waals surface area (Å²) in [6, 6.07) is 7.64. The van der Waals surface area contributed by atoms with E-state index in [-0.39, 0.29) is 38.6 Å². The molecular formula is C27H32O8. The average molecular weight is 485 g/mol. The van der Waals surface area contributed by atoms with Gasteiger partial charge in [-0.1, -0.05) is 24.0 Å². The molecule has 0 saturated carbocycles. The number of epoxide rings is 1. The minimum atomic E-state index is -1.59. The van der Waals surface area contributed by atoms with Crippen molar-refractivity contribution >= 4 is 0 Å². The van der Waals surface area contributed by atoms with Gasteiger partial charge in [-0.3, -0.25) is 0 Å². The highest BCUT2D eigenvalue weighted by Crippen LogP contribution is 2.48. The van der Waals surface area contributed by atoms with Crippen molar-refractivity contribution in [1.82, 2.24) is 0 Å². The molecule has 2 heterocycles. The summed E-state index contributed by atoms with van der Waals surface area (Å²) in [6.45, 7) is 4.33. The number of rotatable bonds is 10. The number of hydrogen-bond donors (Lipinski definition) is 1. The van der Waals surface area contributed by atoms with Crippen LogP contribution >= 0.6 is 0 Å². The zero-order valence-electron chi connectivity index (χ0n) is 20.5. The van der Waals surface area contributed by atoms with Crippen LogP contribution in [0.15, 0.2) is 35.9 Å². The zero-order chi connectivity index (χ0) is 25.1. The van der Waals surface area contributed by atoms with E-state index in [1.165, 1.54) is 0 Å². The average Bonchev–Trinajstić information content (AvgIpc) is 3.43. The second-order valence-corrected chi connectivity index (χ2v) is 9.26. The number of terminal acetylenes is 1. The van der Waals surface area contributed by atoms with Crippen LogP contribution in [-0.2, 0) is 35.0 Å². The molecule has 0 aromatic heterocycles. The van der Waals surface area contributed by atoms with Crippen LogP contribution in [0, 0.1) is 24.2 Å². The Labute approximate surface area is 206 Å². The molecule has 0 amide bonds. The van der Waals surface area contributed by atoms with Crippen molar-refractivity contribution < 1.29 is 38.3 Å². The molecule has 1 aromatic carbocycles. The minimum Gasteiger partial charge on any atom is -0.497 e. The Morgan fingerprint density at radius 1 is 1.23 bits per heavy atom. The summed E-state index contributed by atoms with van der Waals surface area (Å²) >= 11 is 0. The third-order valence-corrected chi connectivity index (χ3v) is 6.28. The molecule has 5 atom stereocenters. The second kappa shape index (κ2) is 10.3. The summed E-state index contributed by atoms with van der Waals surface area (Å²) in [7, 11) is 3.17. The molecule has 1 aliphatic carbocycles. The topological polar surface area (TPSA) is 88.1 Å².